The van der Waals surface area contributed by atoms with E-state index in [1.165, 1.54) is 0 Å². The molecule has 18 heavy (non-hydrogen) atoms. The van der Waals surface area contributed by atoms with Crippen LogP contribution in [0.5, 0.6) is 11.5 Å². The second-order valence-electron chi connectivity index (χ2n) is 4.91. The number of hydrogen-bond acceptors (Lipinski definition) is 3. The molecule has 1 fully saturated rings. The van der Waals surface area contributed by atoms with Gasteiger partial charge in [-0.3, -0.25) is 4.90 Å². The topological polar surface area (TPSA) is 21.7 Å². The number of likely N-dealkylation sites (tertiary alicyclic amines) is 1. The maximum absolute atomic E-state index is 6.06. The van der Waals surface area contributed by atoms with Crippen LogP contribution >= 0.6 is 15.9 Å². The predicted molar refractivity (Wildman–Crippen MR) is 76.4 cm³/mol. The minimum atomic E-state index is 0.274. The second-order valence-corrected chi connectivity index (χ2v) is 5.77. The van der Waals surface area contributed by atoms with Crippen LogP contribution in [-0.4, -0.2) is 37.2 Å². The molecule has 1 atom stereocenters. The van der Waals surface area contributed by atoms with Crippen molar-refractivity contribution in [3.63, 3.8) is 0 Å². The van der Waals surface area contributed by atoms with Crippen molar-refractivity contribution in [1.29, 1.82) is 0 Å². The Balaban J connectivity index is 2.02. The lowest BCUT2D eigenvalue weighted by Crippen LogP contribution is -2.30. The maximum Gasteiger partial charge on any atom is 0.137 e. The highest BCUT2D eigenvalue weighted by Crippen LogP contribution is 2.31. The Morgan fingerprint density at radius 3 is 2.78 bits per heavy atom. The Morgan fingerprint density at radius 2 is 2.17 bits per heavy atom. The van der Waals surface area contributed by atoms with E-state index in [4.69, 9.17) is 9.47 Å². The zero-order valence-electron chi connectivity index (χ0n) is 11.1. The number of benzene rings is 1. The molecular weight excluding hydrogens is 294 g/mol. The van der Waals surface area contributed by atoms with Gasteiger partial charge in [-0.25, -0.2) is 0 Å². The van der Waals surface area contributed by atoms with Crippen LogP contribution in [-0.2, 0) is 0 Å². The molecular formula is C14H20BrNO2. The third kappa shape index (κ3) is 3.18. The summed E-state index contributed by atoms with van der Waals surface area (Å²) >= 11 is 3.52. The molecule has 0 saturated carbocycles. The maximum atomic E-state index is 6.06. The van der Waals surface area contributed by atoms with Crippen LogP contribution in [0, 0.1) is 0 Å². The van der Waals surface area contributed by atoms with Crippen LogP contribution in [0.15, 0.2) is 22.7 Å². The van der Waals surface area contributed by atoms with Gasteiger partial charge in [0.1, 0.15) is 17.6 Å². The van der Waals surface area contributed by atoms with E-state index in [0.717, 1.165) is 35.5 Å². The third-order valence-electron chi connectivity index (χ3n) is 3.34. The average Bonchev–Trinajstić information content (AvgIpc) is 2.81. The molecule has 0 radical (unpaired) electrons. The van der Waals surface area contributed by atoms with Crippen molar-refractivity contribution in [3.05, 3.63) is 22.7 Å². The van der Waals surface area contributed by atoms with Gasteiger partial charge in [-0.2, -0.15) is 0 Å². The van der Waals surface area contributed by atoms with Crippen molar-refractivity contribution >= 4 is 15.9 Å². The van der Waals surface area contributed by atoms with Crippen molar-refractivity contribution in [2.75, 3.05) is 20.2 Å². The fourth-order valence-corrected chi connectivity index (χ4v) is 2.54. The second kappa shape index (κ2) is 5.93. The number of ether oxygens (including phenoxy) is 2. The Labute approximate surface area is 117 Å². The summed E-state index contributed by atoms with van der Waals surface area (Å²) in [5.74, 6) is 1.69. The van der Waals surface area contributed by atoms with Crippen molar-refractivity contribution < 1.29 is 9.47 Å². The molecule has 0 aromatic heterocycles. The molecule has 1 aromatic rings. The summed E-state index contributed by atoms with van der Waals surface area (Å²) in [6.07, 6.45) is 1.36. The van der Waals surface area contributed by atoms with Gasteiger partial charge in [0, 0.05) is 25.2 Å². The van der Waals surface area contributed by atoms with Crippen molar-refractivity contribution in [2.24, 2.45) is 0 Å². The van der Waals surface area contributed by atoms with E-state index < -0.39 is 0 Å². The standard InChI is InChI=1S/C14H20BrNO2/c1-10(2)16-7-6-12(9-16)18-14-8-11(17-3)4-5-13(14)15/h4-5,8,10,12H,6-7,9H2,1-3H3. The molecule has 0 amide bonds. The van der Waals surface area contributed by atoms with Crippen molar-refractivity contribution in [3.8, 4) is 11.5 Å². The predicted octanol–water partition coefficient (Wildman–Crippen LogP) is 3.32. The van der Waals surface area contributed by atoms with E-state index >= 15 is 0 Å². The minimum Gasteiger partial charge on any atom is -0.497 e. The Kier molecular flexibility index (Phi) is 4.51. The van der Waals surface area contributed by atoms with Gasteiger partial charge in [0.15, 0.2) is 0 Å². The molecule has 2 rings (SSSR count). The summed E-state index contributed by atoms with van der Waals surface area (Å²) in [6, 6.07) is 6.41. The number of halogens is 1. The number of nitrogens with zero attached hydrogens (tertiary/aromatic N) is 1. The highest BCUT2D eigenvalue weighted by molar-refractivity contribution is 9.10. The summed E-state index contributed by atoms with van der Waals surface area (Å²) in [6.45, 7) is 6.57. The van der Waals surface area contributed by atoms with Crippen LogP contribution in [0.4, 0.5) is 0 Å². The lowest BCUT2D eigenvalue weighted by molar-refractivity contribution is 0.186. The Hall–Kier alpha value is -0.740. The van der Waals surface area contributed by atoms with Crippen molar-refractivity contribution in [1.82, 2.24) is 4.90 Å². The molecule has 4 heteroatoms. The van der Waals surface area contributed by atoms with E-state index in [1.54, 1.807) is 7.11 Å². The first kappa shape index (κ1) is 13.7. The number of rotatable bonds is 4. The van der Waals surface area contributed by atoms with Gasteiger partial charge >= 0.3 is 0 Å². The summed E-state index contributed by atoms with van der Waals surface area (Å²) in [4.78, 5) is 2.44. The molecule has 1 aliphatic heterocycles. The molecule has 1 aliphatic rings. The van der Waals surface area contributed by atoms with Crippen molar-refractivity contribution in [2.45, 2.75) is 32.4 Å². The van der Waals surface area contributed by atoms with Gasteiger partial charge in [-0.05, 0) is 48.3 Å². The molecule has 0 aliphatic carbocycles. The fraction of sp³-hybridized carbons (Fsp3) is 0.571. The highest BCUT2D eigenvalue weighted by Gasteiger charge is 2.26. The summed E-state index contributed by atoms with van der Waals surface area (Å²) < 4.78 is 12.3. The van der Waals surface area contributed by atoms with Crippen LogP contribution in [0.2, 0.25) is 0 Å². The zero-order valence-corrected chi connectivity index (χ0v) is 12.7. The van der Waals surface area contributed by atoms with Gasteiger partial charge in [-0.15, -0.1) is 0 Å². The summed E-state index contributed by atoms with van der Waals surface area (Å²) in [5, 5.41) is 0. The lowest BCUT2D eigenvalue weighted by atomic mass is 10.3. The molecule has 3 nitrogen and oxygen atoms in total. The van der Waals surface area contributed by atoms with E-state index in [-0.39, 0.29) is 6.10 Å². The molecule has 0 N–H and O–H groups in total. The number of hydrogen-bond donors (Lipinski definition) is 0. The molecule has 0 bridgehead atoms. The van der Waals surface area contributed by atoms with E-state index in [0.29, 0.717) is 6.04 Å². The molecule has 1 heterocycles. The van der Waals surface area contributed by atoms with E-state index in [1.807, 2.05) is 18.2 Å². The molecule has 1 unspecified atom stereocenters. The van der Waals surface area contributed by atoms with Gasteiger partial charge in [0.05, 0.1) is 11.6 Å². The molecule has 1 saturated heterocycles. The summed E-state index contributed by atoms with van der Waals surface area (Å²) in [5.41, 5.74) is 0. The van der Waals surface area contributed by atoms with Crippen LogP contribution < -0.4 is 9.47 Å². The van der Waals surface area contributed by atoms with Gasteiger partial charge in [0.25, 0.3) is 0 Å². The number of methoxy groups -OCH3 is 1. The quantitative estimate of drug-likeness (QED) is 0.851. The van der Waals surface area contributed by atoms with Crippen LogP contribution in [0.1, 0.15) is 20.3 Å². The van der Waals surface area contributed by atoms with Crippen LogP contribution in [0.25, 0.3) is 0 Å². The fourth-order valence-electron chi connectivity index (χ4n) is 2.20. The first-order valence-electron chi connectivity index (χ1n) is 6.34. The highest BCUT2D eigenvalue weighted by atomic mass is 79.9. The van der Waals surface area contributed by atoms with Gasteiger partial charge < -0.3 is 9.47 Å². The summed E-state index contributed by atoms with van der Waals surface area (Å²) in [7, 11) is 1.67. The average molecular weight is 314 g/mol. The minimum absolute atomic E-state index is 0.274. The third-order valence-corrected chi connectivity index (χ3v) is 3.99. The monoisotopic (exact) mass is 313 g/mol. The van der Waals surface area contributed by atoms with Crippen LogP contribution in [0.3, 0.4) is 0 Å². The Bertz CT molecular complexity index is 409. The molecule has 1 aromatic carbocycles. The van der Waals surface area contributed by atoms with E-state index in [2.05, 4.69) is 34.7 Å². The molecule has 100 valence electrons. The normalized spacial score (nSPS) is 20.4. The smallest absolute Gasteiger partial charge is 0.137 e. The molecule has 0 spiro atoms. The van der Waals surface area contributed by atoms with E-state index in [9.17, 15) is 0 Å². The Morgan fingerprint density at radius 1 is 1.39 bits per heavy atom. The SMILES string of the molecule is COc1ccc(Br)c(OC2CCN(C(C)C)C2)c1. The lowest BCUT2D eigenvalue weighted by Gasteiger charge is -2.20. The first-order valence-corrected chi connectivity index (χ1v) is 7.13. The van der Waals surface area contributed by atoms with Gasteiger partial charge in [-0.1, -0.05) is 0 Å². The largest absolute Gasteiger partial charge is 0.497 e. The van der Waals surface area contributed by atoms with Gasteiger partial charge in [0.2, 0.25) is 0 Å². The zero-order chi connectivity index (χ0) is 13.1. The first-order chi connectivity index (χ1) is 8.60.